The van der Waals surface area contributed by atoms with E-state index in [-0.39, 0.29) is 5.82 Å². The maximum absolute atomic E-state index is 14.2. The van der Waals surface area contributed by atoms with E-state index >= 15 is 0 Å². The van der Waals surface area contributed by atoms with Crippen LogP contribution in [-0.2, 0) is 0 Å². The number of anilines is 1. The van der Waals surface area contributed by atoms with Gasteiger partial charge in [-0.1, -0.05) is 6.07 Å². The standard InChI is InChI=1S/C19H16FN5.C6H7NO2/c1-12-3-6-17(22-8-12)13-9-23-19-24-18(11-25(19)10-13)15-7-14(21-2)4-5-16(15)20;1-4-6(3-8)9-5(2)7-4/h3-11,21H,1-2H3;3H,1-2H3. The maximum Gasteiger partial charge on any atom is 0.234 e. The molecule has 0 radical (unpaired) electrons. The van der Waals surface area contributed by atoms with Crippen molar-refractivity contribution in [1.29, 1.82) is 0 Å². The Kier molecular flexibility index (Phi) is 6.44. The number of pyridine rings is 1. The summed E-state index contributed by atoms with van der Waals surface area (Å²) in [4.78, 5) is 27.2. The molecule has 0 bridgehead atoms. The Morgan fingerprint density at radius 3 is 2.44 bits per heavy atom. The summed E-state index contributed by atoms with van der Waals surface area (Å²) >= 11 is 0. The molecule has 8 nitrogen and oxygen atoms in total. The number of hydrogen-bond donors (Lipinski definition) is 1. The third-order valence-electron chi connectivity index (χ3n) is 5.09. The molecule has 0 fully saturated rings. The minimum absolute atomic E-state index is 0.317. The fourth-order valence-corrected chi connectivity index (χ4v) is 3.32. The molecule has 1 N–H and O–H groups in total. The van der Waals surface area contributed by atoms with Gasteiger partial charge in [-0.05, 0) is 43.7 Å². The predicted octanol–water partition coefficient (Wildman–Crippen LogP) is 5.05. The van der Waals surface area contributed by atoms with E-state index < -0.39 is 0 Å². The number of nitrogens with zero attached hydrogens (tertiary/aromatic N) is 5. The Labute approximate surface area is 195 Å². The van der Waals surface area contributed by atoms with Crippen molar-refractivity contribution in [3.8, 4) is 22.5 Å². The number of halogens is 1. The molecule has 0 saturated carbocycles. The van der Waals surface area contributed by atoms with E-state index in [0.29, 0.717) is 40.7 Å². The van der Waals surface area contributed by atoms with Crippen molar-refractivity contribution in [3.05, 3.63) is 83.8 Å². The van der Waals surface area contributed by atoms with Gasteiger partial charge in [0, 0.05) is 55.6 Å². The average molecular weight is 458 g/mol. The number of aromatic nitrogens is 5. The number of hydrogen-bond acceptors (Lipinski definition) is 7. The fourth-order valence-electron chi connectivity index (χ4n) is 3.32. The molecule has 0 spiro atoms. The minimum atomic E-state index is -0.317. The first kappa shape index (κ1) is 22.8. The highest BCUT2D eigenvalue weighted by atomic mass is 19.1. The Balaban J connectivity index is 0.000000257. The summed E-state index contributed by atoms with van der Waals surface area (Å²) in [6.45, 7) is 5.44. The molecule has 0 atom stereocenters. The van der Waals surface area contributed by atoms with Crippen LogP contribution in [-0.4, -0.2) is 37.7 Å². The van der Waals surface area contributed by atoms with Gasteiger partial charge in [-0.25, -0.2) is 19.3 Å². The van der Waals surface area contributed by atoms with Gasteiger partial charge in [0.15, 0.2) is 17.9 Å². The molecule has 172 valence electrons. The molecule has 0 amide bonds. The highest BCUT2D eigenvalue weighted by molar-refractivity contribution is 5.71. The summed E-state index contributed by atoms with van der Waals surface area (Å²) in [6.07, 6.45) is 7.88. The average Bonchev–Trinajstić information content (AvgIpc) is 3.41. The lowest BCUT2D eigenvalue weighted by atomic mass is 10.1. The second-order valence-electron chi connectivity index (χ2n) is 7.64. The molecular weight excluding hydrogens is 435 g/mol. The summed E-state index contributed by atoms with van der Waals surface area (Å²) in [6, 6.07) is 8.81. The zero-order valence-corrected chi connectivity index (χ0v) is 19.2. The summed E-state index contributed by atoms with van der Waals surface area (Å²) in [5.41, 5.74) is 5.26. The maximum atomic E-state index is 14.2. The molecule has 4 aromatic heterocycles. The highest BCUT2D eigenvalue weighted by Gasteiger charge is 2.12. The molecule has 0 unspecified atom stereocenters. The van der Waals surface area contributed by atoms with Crippen LogP contribution >= 0.6 is 0 Å². The van der Waals surface area contributed by atoms with Crippen LogP contribution in [0.2, 0.25) is 0 Å². The Morgan fingerprint density at radius 2 is 1.82 bits per heavy atom. The van der Waals surface area contributed by atoms with E-state index in [9.17, 15) is 9.18 Å². The normalized spacial score (nSPS) is 10.6. The number of aryl methyl sites for hydroxylation is 3. The van der Waals surface area contributed by atoms with Gasteiger partial charge in [-0.15, -0.1) is 0 Å². The smallest absolute Gasteiger partial charge is 0.234 e. The van der Waals surface area contributed by atoms with Gasteiger partial charge < -0.3 is 9.73 Å². The Morgan fingerprint density at radius 1 is 1.00 bits per heavy atom. The van der Waals surface area contributed by atoms with Crippen LogP contribution in [0.4, 0.5) is 10.1 Å². The molecule has 34 heavy (non-hydrogen) atoms. The number of fused-ring (bicyclic) bond motifs is 1. The van der Waals surface area contributed by atoms with Crippen molar-refractivity contribution in [2.45, 2.75) is 20.8 Å². The molecular formula is C25H23FN6O2. The van der Waals surface area contributed by atoms with Crippen LogP contribution in [0, 0.1) is 26.6 Å². The highest BCUT2D eigenvalue weighted by Crippen LogP contribution is 2.26. The van der Waals surface area contributed by atoms with Gasteiger partial charge in [-0.2, -0.15) is 0 Å². The van der Waals surface area contributed by atoms with Crippen molar-refractivity contribution in [2.75, 3.05) is 12.4 Å². The molecule has 1 aromatic carbocycles. The van der Waals surface area contributed by atoms with Gasteiger partial charge in [0.2, 0.25) is 5.78 Å². The lowest BCUT2D eigenvalue weighted by Crippen LogP contribution is -1.91. The molecule has 0 aliphatic rings. The number of imidazole rings is 1. The lowest BCUT2D eigenvalue weighted by molar-refractivity contribution is 0.109. The van der Waals surface area contributed by atoms with E-state index in [1.54, 1.807) is 49.8 Å². The molecule has 0 saturated heterocycles. The van der Waals surface area contributed by atoms with Crippen LogP contribution in [0.25, 0.3) is 28.3 Å². The molecule has 5 rings (SSSR count). The third kappa shape index (κ3) is 4.83. The van der Waals surface area contributed by atoms with E-state index in [0.717, 1.165) is 22.5 Å². The van der Waals surface area contributed by atoms with Crippen LogP contribution in [0.15, 0.2) is 59.5 Å². The van der Waals surface area contributed by atoms with Crippen molar-refractivity contribution < 1.29 is 13.6 Å². The largest absolute Gasteiger partial charge is 0.438 e. The van der Waals surface area contributed by atoms with Crippen LogP contribution < -0.4 is 5.32 Å². The van der Waals surface area contributed by atoms with Crippen LogP contribution in [0.1, 0.15) is 27.7 Å². The first-order valence-corrected chi connectivity index (χ1v) is 10.5. The molecule has 0 aliphatic heterocycles. The van der Waals surface area contributed by atoms with Crippen molar-refractivity contribution in [3.63, 3.8) is 0 Å². The Hall–Kier alpha value is -4.40. The molecule has 9 heteroatoms. The van der Waals surface area contributed by atoms with E-state index in [1.165, 1.54) is 6.07 Å². The lowest BCUT2D eigenvalue weighted by Gasteiger charge is -2.03. The van der Waals surface area contributed by atoms with E-state index in [4.69, 9.17) is 4.42 Å². The second-order valence-corrected chi connectivity index (χ2v) is 7.64. The topological polar surface area (TPSA) is 98.2 Å². The molecule has 4 heterocycles. The van der Waals surface area contributed by atoms with Gasteiger partial charge in [0.25, 0.3) is 0 Å². The number of carbonyl (C=O) groups is 1. The number of oxazole rings is 1. The fraction of sp³-hybridized carbons (Fsp3) is 0.160. The van der Waals surface area contributed by atoms with Crippen molar-refractivity contribution in [1.82, 2.24) is 24.3 Å². The number of aldehydes is 1. The van der Waals surface area contributed by atoms with Gasteiger partial charge in [-0.3, -0.25) is 14.2 Å². The van der Waals surface area contributed by atoms with Crippen LogP contribution in [0.5, 0.6) is 0 Å². The zero-order chi connectivity index (χ0) is 24.2. The van der Waals surface area contributed by atoms with Crippen LogP contribution in [0.3, 0.4) is 0 Å². The van der Waals surface area contributed by atoms with Crippen molar-refractivity contribution >= 4 is 17.8 Å². The number of nitrogens with one attached hydrogen (secondary N) is 1. The third-order valence-corrected chi connectivity index (χ3v) is 5.09. The predicted molar refractivity (Wildman–Crippen MR) is 127 cm³/mol. The molecule has 0 aliphatic carbocycles. The summed E-state index contributed by atoms with van der Waals surface area (Å²) in [7, 11) is 1.79. The zero-order valence-electron chi connectivity index (χ0n) is 19.2. The summed E-state index contributed by atoms with van der Waals surface area (Å²) in [5, 5.41) is 3.01. The number of carbonyl (C=O) groups excluding carboxylic acids is 1. The Bertz CT molecular complexity index is 1460. The quantitative estimate of drug-likeness (QED) is 0.376. The number of rotatable bonds is 4. The number of benzene rings is 1. The van der Waals surface area contributed by atoms with Gasteiger partial charge >= 0.3 is 0 Å². The van der Waals surface area contributed by atoms with Crippen molar-refractivity contribution in [2.24, 2.45) is 0 Å². The first-order valence-electron chi connectivity index (χ1n) is 10.5. The summed E-state index contributed by atoms with van der Waals surface area (Å²) < 4.78 is 20.9. The summed E-state index contributed by atoms with van der Waals surface area (Å²) in [5.74, 6) is 1.06. The van der Waals surface area contributed by atoms with E-state index in [1.807, 2.05) is 31.5 Å². The van der Waals surface area contributed by atoms with Gasteiger partial charge in [0.05, 0.1) is 17.1 Å². The van der Waals surface area contributed by atoms with Gasteiger partial charge in [0.1, 0.15) is 5.82 Å². The molecule has 5 aromatic rings. The SMILES string of the molecule is CNc1ccc(F)c(-c2cn3cc(-c4ccc(C)cn4)cnc3n2)c1.Cc1nc(C)c(C=O)o1. The van der Waals surface area contributed by atoms with E-state index in [2.05, 4.69) is 25.3 Å². The first-order chi connectivity index (χ1) is 16.4. The second kappa shape index (κ2) is 9.62. The minimum Gasteiger partial charge on any atom is -0.438 e. The monoisotopic (exact) mass is 458 g/mol.